The van der Waals surface area contributed by atoms with Gasteiger partial charge in [0.15, 0.2) is 0 Å². The van der Waals surface area contributed by atoms with Crippen LogP contribution in [0.5, 0.6) is 5.75 Å². The zero-order chi connectivity index (χ0) is 17.6. The zero-order valence-corrected chi connectivity index (χ0v) is 14.7. The first-order chi connectivity index (χ1) is 12.1. The summed E-state index contributed by atoms with van der Waals surface area (Å²) in [4.78, 5) is 14.5. The zero-order valence-electron chi connectivity index (χ0n) is 14.7. The third kappa shape index (κ3) is 4.86. The smallest absolute Gasteiger partial charge is 0.254 e. The Kier molecular flexibility index (Phi) is 5.76. The largest absolute Gasteiger partial charge is 0.508 e. The first kappa shape index (κ1) is 17.5. The van der Waals surface area contributed by atoms with Crippen molar-refractivity contribution in [2.45, 2.75) is 32.7 Å². The summed E-state index contributed by atoms with van der Waals surface area (Å²) in [5.41, 5.74) is 1.76. The number of nitrogens with zero attached hydrogens (tertiary/aromatic N) is 1. The van der Waals surface area contributed by atoms with Gasteiger partial charge in [0.2, 0.25) is 0 Å². The Balaban J connectivity index is 1.44. The van der Waals surface area contributed by atoms with Crippen LogP contribution in [0.1, 0.15) is 40.9 Å². The number of aromatic hydroxyl groups is 1. The average molecular weight is 342 g/mol. The lowest BCUT2D eigenvalue weighted by Gasteiger charge is -2.32. The van der Waals surface area contributed by atoms with Crippen molar-refractivity contribution in [3.05, 3.63) is 53.5 Å². The highest BCUT2D eigenvalue weighted by molar-refractivity contribution is 5.94. The van der Waals surface area contributed by atoms with Crippen LogP contribution in [0, 0.1) is 12.8 Å². The van der Waals surface area contributed by atoms with Gasteiger partial charge in [-0.15, -0.1) is 0 Å². The van der Waals surface area contributed by atoms with E-state index < -0.39 is 0 Å². The Bertz CT molecular complexity index is 710. The molecule has 1 saturated heterocycles. The summed E-state index contributed by atoms with van der Waals surface area (Å²) in [5, 5.41) is 12.6. The van der Waals surface area contributed by atoms with Gasteiger partial charge in [-0.1, -0.05) is 12.1 Å². The van der Waals surface area contributed by atoms with Crippen LogP contribution in [0.2, 0.25) is 0 Å². The van der Waals surface area contributed by atoms with E-state index in [1.54, 1.807) is 25.3 Å². The fraction of sp³-hybridized carbons (Fsp3) is 0.450. The molecule has 1 aliphatic rings. The van der Waals surface area contributed by atoms with E-state index in [9.17, 15) is 9.90 Å². The number of benzene rings is 1. The predicted molar refractivity (Wildman–Crippen MR) is 96.5 cm³/mol. The van der Waals surface area contributed by atoms with E-state index in [2.05, 4.69) is 16.3 Å². The lowest BCUT2D eigenvalue weighted by atomic mass is 9.94. The molecular weight excluding hydrogens is 316 g/mol. The highest BCUT2D eigenvalue weighted by atomic mass is 16.3. The van der Waals surface area contributed by atoms with Crippen LogP contribution in [0.15, 0.2) is 41.0 Å². The molecule has 1 aromatic carbocycles. The molecule has 0 radical (unpaired) electrons. The van der Waals surface area contributed by atoms with E-state index in [1.807, 2.05) is 12.1 Å². The van der Waals surface area contributed by atoms with E-state index in [-0.39, 0.29) is 5.91 Å². The molecule has 2 aromatic rings. The molecule has 0 saturated carbocycles. The van der Waals surface area contributed by atoms with Crippen molar-refractivity contribution < 1.29 is 14.3 Å². The second-order valence-corrected chi connectivity index (χ2v) is 6.85. The number of hydrogen-bond acceptors (Lipinski definition) is 4. The molecule has 0 unspecified atom stereocenters. The van der Waals surface area contributed by atoms with E-state index in [4.69, 9.17) is 4.42 Å². The van der Waals surface area contributed by atoms with Crippen LogP contribution in [0.3, 0.4) is 0 Å². The molecule has 3 rings (SSSR count). The molecule has 2 N–H and O–H groups in total. The van der Waals surface area contributed by atoms with Crippen LogP contribution >= 0.6 is 0 Å². The van der Waals surface area contributed by atoms with Gasteiger partial charge in [-0.05, 0) is 62.4 Å². The Hall–Kier alpha value is -2.27. The number of aryl methyl sites for hydroxylation is 1. The number of carbonyl (C=O) groups is 1. The van der Waals surface area contributed by atoms with Crippen molar-refractivity contribution in [3.8, 4) is 5.75 Å². The highest BCUT2D eigenvalue weighted by Crippen LogP contribution is 2.22. The fourth-order valence-electron chi connectivity index (χ4n) is 3.55. The molecule has 1 aromatic heterocycles. The monoisotopic (exact) mass is 342 g/mol. The number of phenolic OH excluding ortho intramolecular Hbond substituents is 1. The quantitative estimate of drug-likeness (QED) is 0.845. The number of amides is 1. The lowest BCUT2D eigenvalue weighted by molar-refractivity contribution is 0.0945. The third-order valence-electron chi connectivity index (χ3n) is 4.86. The lowest BCUT2D eigenvalue weighted by Crippen LogP contribution is -2.36. The summed E-state index contributed by atoms with van der Waals surface area (Å²) < 4.78 is 5.18. The van der Waals surface area contributed by atoms with Crippen LogP contribution in [0.25, 0.3) is 0 Å². The summed E-state index contributed by atoms with van der Waals surface area (Å²) in [6.45, 7) is 5.48. The number of nitrogens with one attached hydrogen (secondary N) is 1. The van der Waals surface area contributed by atoms with Crippen LogP contribution in [-0.2, 0) is 6.54 Å². The minimum atomic E-state index is -0.0568. The molecule has 0 bridgehead atoms. The molecule has 1 fully saturated rings. The summed E-state index contributed by atoms with van der Waals surface area (Å²) in [5.74, 6) is 1.52. The maximum atomic E-state index is 12.1. The molecule has 5 heteroatoms. The number of carbonyl (C=O) groups excluding carboxylic acids is 1. The van der Waals surface area contributed by atoms with Crippen molar-refractivity contribution in [3.63, 3.8) is 0 Å². The SMILES string of the molecule is Cc1occc1C(=O)NCC[C@@H]1CCCN(Cc2cccc(O)c2)C1. The minimum Gasteiger partial charge on any atom is -0.508 e. The van der Waals surface area contributed by atoms with Crippen molar-refractivity contribution in [1.29, 1.82) is 0 Å². The van der Waals surface area contributed by atoms with E-state index >= 15 is 0 Å². The number of phenols is 1. The predicted octanol–water partition coefficient (Wildman–Crippen LogP) is 3.33. The molecule has 0 spiro atoms. The summed E-state index contributed by atoms with van der Waals surface area (Å²) >= 11 is 0. The van der Waals surface area contributed by atoms with Gasteiger partial charge >= 0.3 is 0 Å². The van der Waals surface area contributed by atoms with Crippen molar-refractivity contribution in [2.24, 2.45) is 5.92 Å². The minimum absolute atomic E-state index is 0.0568. The normalized spacial score (nSPS) is 18.2. The maximum absolute atomic E-state index is 12.1. The molecule has 134 valence electrons. The van der Waals surface area contributed by atoms with Crippen molar-refractivity contribution >= 4 is 5.91 Å². The van der Waals surface area contributed by atoms with Crippen LogP contribution in [-0.4, -0.2) is 35.5 Å². The van der Waals surface area contributed by atoms with Gasteiger partial charge in [0.05, 0.1) is 11.8 Å². The second-order valence-electron chi connectivity index (χ2n) is 6.85. The standard InChI is InChI=1S/C20H26N2O3/c1-15-19(8-11-25-15)20(24)21-9-7-16-5-3-10-22(13-16)14-17-4-2-6-18(23)12-17/h2,4,6,8,11-12,16,23H,3,5,7,9-10,13-14H2,1H3,(H,21,24)/t16-/m0/s1. The topological polar surface area (TPSA) is 65.7 Å². The maximum Gasteiger partial charge on any atom is 0.254 e. The number of furan rings is 1. The third-order valence-corrected chi connectivity index (χ3v) is 4.86. The van der Waals surface area contributed by atoms with Gasteiger partial charge in [0.1, 0.15) is 11.5 Å². The Morgan fingerprint density at radius 2 is 2.28 bits per heavy atom. The second kappa shape index (κ2) is 8.21. The van der Waals surface area contributed by atoms with Gasteiger partial charge in [0, 0.05) is 19.6 Å². The average Bonchev–Trinajstić information content (AvgIpc) is 3.01. The molecule has 25 heavy (non-hydrogen) atoms. The first-order valence-corrected chi connectivity index (χ1v) is 8.94. The van der Waals surface area contributed by atoms with Gasteiger partial charge in [-0.2, -0.15) is 0 Å². The Labute approximate surface area is 148 Å². The summed E-state index contributed by atoms with van der Waals surface area (Å²) in [7, 11) is 0. The van der Waals surface area contributed by atoms with Crippen molar-refractivity contribution in [1.82, 2.24) is 10.2 Å². The number of piperidine rings is 1. The molecule has 1 aliphatic heterocycles. The van der Waals surface area contributed by atoms with Gasteiger partial charge in [0.25, 0.3) is 5.91 Å². The number of likely N-dealkylation sites (tertiary alicyclic amines) is 1. The first-order valence-electron chi connectivity index (χ1n) is 8.94. The fourth-order valence-corrected chi connectivity index (χ4v) is 3.55. The summed E-state index contributed by atoms with van der Waals surface area (Å²) in [6, 6.07) is 9.18. The van der Waals surface area contributed by atoms with Crippen molar-refractivity contribution in [2.75, 3.05) is 19.6 Å². The number of hydrogen-bond donors (Lipinski definition) is 2. The van der Waals surface area contributed by atoms with Gasteiger partial charge < -0.3 is 14.8 Å². The molecular formula is C20H26N2O3. The Morgan fingerprint density at radius 3 is 3.04 bits per heavy atom. The molecule has 1 atom stereocenters. The highest BCUT2D eigenvalue weighted by Gasteiger charge is 2.20. The van der Waals surface area contributed by atoms with Gasteiger partial charge in [-0.3, -0.25) is 9.69 Å². The molecule has 1 amide bonds. The molecule has 0 aliphatic carbocycles. The molecule has 2 heterocycles. The molecule has 5 nitrogen and oxygen atoms in total. The van der Waals surface area contributed by atoms with Crippen LogP contribution < -0.4 is 5.32 Å². The summed E-state index contributed by atoms with van der Waals surface area (Å²) in [6.07, 6.45) is 4.92. The van der Waals surface area contributed by atoms with Crippen LogP contribution in [0.4, 0.5) is 0 Å². The van der Waals surface area contributed by atoms with E-state index in [0.29, 0.717) is 29.5 Å². The van der Waals surface area contributed by atoms with E-state index in [1.165, 1.54) is 12.8 Å². The van der Waals surface area contributed by atoms with E-state index in [0.717, 1.165) is 31.6 Å². The Morgan fingerprint density at radius 1 is 1.40 bits per heavy atom. The van der Waals surface area contributed by atoms with Gasteiger partial charge in [-0.25, -0.2) is 0 Å². The number of rotatable bonds is 6.